The molecule has 0 aromatic carbocycles. The molecule has 17 heavy (non-hydrogen) atoms. The first-order valence-electron chi connectivity index (χ1n) is 6.60. The Morgan fingerprint density at radius 1 is 1.12 bits per heavy atom. The average Bonchev–Trinajstić information content (AvgIpc) is 2.28. The van der Waals surface area contributed by atoms with Gasteiger partial charge in [0.05, 0.1) is 0 Å². The maximum absolute atomic E-state index is 12.6. The van der Waals surface area contributed by atoms with Crippen LogP contribution >= 0.6 is 0 Å². The maximum Gasteiger partial charge on any atom is 0.506 e. The standard InChI is InChI=1S/C12H20BF3N/c1-10(13(14,15)16)9-17-8-4-6-11-5-2-3-7-12(11)17/h11-12H,1-9H2/q-1/t11-,12-/m0/s1. The minimum atomic E-state index is -4.87. The molecule has 0 spiro atoms. The molecule has 0 aromatic rings. The molecule has 1 nitrogen and oxygen atoms in total. The molecule has 2 rings (SSSR count). The minimum Gasteiger partial charge on any atom is -0.445 e. The smallest absolute Gasteiger partial charge is 0.445 e. The van der Waals surface area contributed by atoms with Crippen LogP contribution in [0.2, 0.25) is 0 Å². The maximum atomic E-state index is 12.6. The number of hydrogen-bond acceptors (Lipinski definition) is 1. The van der Waals surface area contributed by atoms with Gasteiger partial charge in [-0.3, -0.25) is 4.90 Å². The molecule has 2 fully saturated rings. The number of halogens is 3. The van der Waals surface area contributed by atoms with Crippen LogP contribution in [0.3, 0.4) is 0 Å². The second kappa shape index (κ2) is 5.05. The Morgan fingerprint density at radius 2 is 1.76 bits per heavy atom. The van der Waals surface area contributed by atoms with E-state index in [0.29, 0.717) is 12.0 Å². The van der Waals surface area contributed by atoms with Crippen LogP contribution in [0.25, 0.3) is 0 Å². The zero-order valence-electron chi connectivity index (χ0n) is 10.2. The van der Waals surface area contributed by atoms with Crippen LogP contribution in [0, 0.1) is 5.92 Å². The van der Waals surface area contributed by atoms with Gasteiger partial charge in [-0.1, -0.05) is 12.8 Å². The van der Waals surface area contributed by atoms with Crippen molar-refractivity contribution in [2.75, 3.05) is 13.1 Å². The minimum absolute atomic E-state index is 0.0324. The van der Waals surface area contributed by atoms with E-state index in [0.717, 1.165) is 19.4 Å². The number of rotatable bonds is 3. The van der Waals surface area contributed by atoms with E-state index in [2.05, 4.69) is 6.58 Å². The Balaban J connectivity index is 1.97. The van der Waals surface area contributed by atoms with Gasteiger partial charge >= 0.3 is 6.98 Å². The molecule has 2 aliphatic rings. The second-order valence-corrected chi connectivity index (χ2v) is 5.46. The van der Waals surface area contributed by atoms with Gasteiger partial charge in [-0.05, 0) is 44.7 Å². The number of piperidine rings is 1. The predicted octanol–water partition coefficient (Wildman–Crippen LogP) is 3.58. The molecule has 0 unspecified atom stereocenters. The second-order valence-electron chi connectivity index (χ2n) is 5.46. The molecule has 1 heterocycles. The lowest BCUT2D eigenvalue weighted by atomic mass is 9.76. The van der Waals surface area contributed by atoms with E-state index in [1.165, 1.54) is 25.7 Å². The third-order valence-electron chi connectivity index (χ3n) is 4.23. The highest BCUT2D eigenvalue weighted by Gasteiger charge is 2.35. The molecule has 1 aliphatic heterocycles. The van der Waals surface area contributed by atoms with E-state index >= 15 is 0 Å². The van der Waals surface area contributed by atoms with Crippen molar-refractivity contribution < 1.29 is 12.9 Å². The van der Waals surface area contributed by atoms with Gasteiger partial charge in [0.25, 0.3) is 0 Å². The summed E-state index contributed by atoms with van der Waals surface area (Å²) in [6, 6.07) is 0.382. The summed E-state index contributed by atoms with van der Waals surface area (Å²) in [5.41, 5.74) is -0.531. The van der Waals surface area contributed by atoms with Gasteiger partial charge in [0.2, 0.25) is 0 Å². The fraction of sp³-hybridized carbons (Fsp3) is 0.833. The molecule has 0 aromatic heterocycles. The first-order valence-corrected chi connectivity index (χ1v) is 6.60. The highest BCUT2D eigenvalue weighted by Crippen LogP contribution is 2.36. The molecule has 1 saturated carbocycles. The molecule has 0 radical (unpaired) electrons. The van der Waals surface area contributed by atoms with Crippen molar-refractivity contribution in [2.24, 2.45) is 5.92 Å². The van der Waals surface area contributed by atoms with Crippen LogP contribution in [-0.4, -0.2) is 31.0 Å². The van der Waals surface area contributed by atoms with Crippen LogP contribution < -0.4 is 0 Å². The Morgan fingerprint density at radius 3 is 2.47 bits per heavy atom. The lowest BCUT2D eigenvalue weighted by Gasteiger charge is -2.45. The highest BCUT2D eigenvalue weighted by molar-refractivity contribution is 6.66. The fourth-order valence-corrected chi connectivity index (χ4v) is 3.29. The lowest BCUT2D eigenvalue weighted by Crippen LogP contribution is -2.48. The number of hydrogen-bond donors (Lipinski definition) is 0. The SMILES string of the molecule is C=C(CN1CCC[C@@H]2CCCC[C@@H]21)[B-](F)(F)F. The Hall–Kier alpha value is -0.445. The van der Waals surface area contributed by atoms with E-state index < -0.39 is 12.4 Å². The molecule has 98 valence electrons. The third kappa shape index (κ3) is 3.06. The first-order chi connectivity index (χ1) is 7.98. The molecule has 1 saturated heterocycles. The van der Waals surface area contributed by atoms with Crippen LogP contribution in [0.15, 0.2) is 12.1 Å². The van der Waals surface area contributed by atoms with Crippen LogP contribution in [0.1, 0.15) is 38.5 Å². The summed E-state index contributed by atoms with van der Waals surface area (Å²) in [5.74, 6) is 0.631. The molecule has 0 N–H and O–H groups in total. The zero-order valence-corrected chi connectivity index (χ0v) is 10.2. The molecule has 2 atom stereocenters. The molecule has 5 heteroatoms. The summed E-state index contributed by atoms with van der Waals surface area (Å²) >= 11 is 0. The Labute approximate surface area is 101 Å². The largest absolute Gasteiger partial charge is 0.506 e. The molecule has 0 amide bonds. The van der Waals surface area contributed by atoms with Crippen LogP contribution in [0.5, 0.6) is 0 Å². The average molecular weight is 246 g/mol. The normalized spacial score (nSPS) is 31.0. The van der Waals surface area contributed by atoms with E-state index in [1.54, 1.807) is 0 Å². The van der Waals surface area contributed by atoms with E-state index in [4.69, 9.17) is 0 Å². The summed E-state index contributed by atoms with van der Waals surface area (Å²) in [7, 11) is 0. The summed E-state index contributed by atoms with van der Waals surface area (Å²) in [6.07, 6.45) is 6.93. The van der Waals surface area contributed by atoms with Crippen molar-refractivity contribution in [3.05, 3.63) is 12.1 Å². The fourth-order valence-electron chi connectivity index (χ4n) is 3.29. The van der Waals surface area contributed by atoms with Gasteiger partial charge in [0.15, 0.2) is 0 Å². The van der Waals surface area contributed by atoms with Crippen LogP contribution in [0.4, 0.5) is 12.9 Å². The van der Waals surface area contributed by atoms with Gasteiger partial charge in [0.1, 0.15) is 0 Å². The highest BCUT2D eigenvalue weighted by atomic mass is 19.4. The first kappa shape index (κ1) is 13.0. The lowest BCUT2D eigenvalue weighted by molar-refractivity contribution is 0.0694. The van der Waals surface area contributed by atoms with Gasteiger partial charge in [-0.25, -0.2) is 0 Å². The number of fused-ring (bicyclic) bond motifs is 1. The molecular weight excluding hydrogens is 226 g/mol. The molecule has 0 bridgehead atoms. The van der Waals surface area contributed by atoms with Crippen molar-refractivity contribution in [1.29, 1.82) is 0 Å². The summed E-state index contributed by atoms with van der Waals surface area (Å²) in [5, 5.41) is 0. The van der Waals surface area contributed by atoms with Crippen molar-refractivity contribution in [2.45, 2.75) is 44.6 Å². The number of nitrogens with zero attached hydrogens (tertiary/aromatic N) is 1. The van der Waals surface area contributed by atoms with Gasteiger partial charge in [-0.2, -0.15) is 0 Å². The Kier molecular flexibility index (Phi) is 3.86. The van der Waals surface area contributed by atoms with E-state index in [-0.39, 0.29) is 6.54 Å². The van der Waals surface area contributed by atoms with Gasteiger partial charge < -0.3 is 12.9 Å². The molecular formula is C12H20BF3N-. The van der Waals surface area contributed by atoms with Crippen molar-refractivity contribution in [3.63, 3.8) is 0 Å². The third-order valence-corrected chi connectivity index (χ3v) is 4.23. The van der Waals surface area contributed by atoms with E-state index in [1.807, 2.05) is 4.90 Å². The quantitative estimate of drug-likeness (QED) is 0.688. The summed E-state index contributed by atoms with van der Waals surface area (Å²) < 4.78 is 37.7. The zero-order chi connectivity index (χ0) is 12.5. The monoisotopic (exact) mass is 246 g/mol. The van der Waals surface area contributed by atoms with Crippen molar-refractivity contribution in [1.82, 2.24) is 4.90 Å². The topological polar surface area (TPSA) is 3.24 Å². The molecule has 1 aliphatic carbocycles. The van der Waals surface area contributed by atoms with Crippen molar-refractivity contribution >= 4 is 6.98 Å². The predicted molar refractivity (Wildman–Crippen MR) is 64.8 cm³/mol. The van der Waals surface area contributed by atoms with E-state index in [9.17, 15) is 12.9 Å². The summed E-state index contributed by atoms with van der Waals surface area (Å²) in [6.45, 7) is -0.803. The van der Waals surface area contributed by atoms with Crippen molar-refractivity contribution in [3.8, 4) is 0 Å². The Bertz CT molecular complexity index is 288. The number of likely N-dealkylation sites (tertiary alicyclic amines) is 1. The van der Waals surface area contributed by atoms with Gasteiger partial charge in [0, 0.05) is 6.04 Å². The van der Waals surface area contributed by atoms with Gasteiger partial charge in [-0.15, -0.1) is 12.1 Å². The van der Waals surface area contributed by atoms with Crippen LogP contribution in [-0.2, 0) is 0 Å². The summed E-state index contributed by atoms with van der Waals surface area (Å²) in [4.78, 5) is 2.03.